The van der Waals surface area contributed by atoms with E-state index in [-0.39, 0.29) is 0 Å². The minimum atomic E-state index is 0.379. The smallest absolute Gasteiger partial charge is 0.0526 e. The number of hydrogen-bond donors (Lipinski definition) is 0. The maximum absolute atomic E-state index is 8.02. The second-order valence-electron chi connectivity index (χ2n) is 4.14. The third-order valence-corrected chi connectivity index (χ3v) is 3.06. The van der Waals surface area contributed by atoms with E-state index in [0.29, 0.717) is 6.54 Å². The highest BCUT2D eigenvalue weighted by Gasteiger charge is 1.89. The van der Waals surface area contributed by atoms with Crippen molar-refractivity contribution in [3.05, 3.63) is 69.6 Å². The van der Waals surface area contributed by atoms with E-state index >= 15 is 0 Å². The van der Waals surface area contributed by atoms with Crippen LogP contribution in [0.5, 0.6) is 0 Å². The van der Waals surface area contributed by atoms with Gasteiger partial charge in [-0.1, -0.05) is 33.2 Å². The van der Waals surface area contributed by atoms with Crippen LogP contribution < -0.4 is 0 Å². The maximum Gasteiger partial charge on any atom is 0.0526 e. The van der Waals surface area contributed by atoms with Crippen LogP contribution in [0.25, 0.3) is 10.4 Å². The highest BCUT2D eigenvalue weighted by Crippen LogP contribution is 2.03. The molecule has 6 heteroatoms. The normalized spacial score (nSPS) is 9.15. The quantitative estimate of drug-likeness (QED) is 0.359. The number of azide groups is 1. The van der Waals surface area contributed by atoms with Gasteiger partial charge < -0.3 is 0 Å². The van der Waals surface area contributed by atoms with Gasteiger partial charge in [0.2, 0.25) is 0 Å². The summed E-state index contributed by atoms with van der Waals surface area (Å²) in [7, 11) is 0. The summed E-state index contributed by atoms with van der Waals surface area (Å²) in [6, 6.07) is 7.87. The Morgan fingerprint density at radius 1 is 1.05 bits per heavy atom. The summed E-state index contributed by atoms with van der Waals surface area (Å²) in [6.07, 6.45) is 3.59. The van der Waals surface area contributed by atoms with Gasteiger partial charge >= 0.3 is 0 Å². The lowest BCUT2D eigenvalue weighted by Gasteiger charge is -1.93. The van der Waals surface area contributed by atoms with E-state index in [9.17, 15) is 0 Å². The van der Waals surface area contributed by atoms with Crippen LogP contribution in [0.4, 0.5) is 0 Å². The van der Waals surface area contributed by atoms with Gasteiger partial charge in [-0.05, 0) is 42.6 Å². The Morgan fingerprint density at radius 2 is 1.60 bits per heavy atom. The molecule has 0 aliphatic rings. The lowest BCUT2D eigenvalue weighted by Crippen LogP contribution is -1.84. The van der Waals surface area contributed by atoms with Crippen LogP contribution in [0.2, 0.25) is 0 Å². The van der Waals surface area contributed by atoms with E-state index in [1.54, 1.807) is 6.20 Å². The average molecular weight is 334 g/mol. The molecule has 0 unspecified atom stereocenters. The monoisotopic (exact) mass is 333 g/mol. The van der Waals surface area contributed by atoms with Crippen LogP contribution in [-0.2, 0) is 11.9 Å². The zero-order valence-electron chi connectivity index (χ0n) is 11.5. The minimum Gasteiger partial charge on any atom is -0.261 e. The predicted molar refractivity (Wildman–Crippen MR) is 83.4 cm³/mol. The molecule has 0 aromatic carbocycles. The van der Waals surface area contributed by atoms with Gasteiger partial charge in [0.15, 0.2) is 0 Å². The van der Waals surface area contributed by atoms with Gasteiger partial charge in [0.25, 0.3) is 0 Å². The zero-order chi connectivity index (χ0) is 14.8. The molecule has 0 spiro atoms. The molecule has 0 saturated carbocycles. The standard InChI is InChI=1S/C7H8BrN.C7H8N4/c1-6-2-3-7(4-8)5-9-6;1-6-2-3-7(4-9-6)5-10-11-8/h2-3,5H,4H2,1H3;2-4H,5H2,1H3. The lowest BCUT2D eigenvalue weighted by molar-refractivity contribution is 1.02. The number of halogens is 1. The lowest BCUT2D eigenvalue weighted by atomic mass is 10.2. The van der Waals surface area contributed by atoms with E-state index in [2.05, 4.69) is 42.0 Å². The molecule has 0 aliphatic heterocycles. The fraction of sp³-hybridized carbons (Fsp3) is 0.286. The second kappa shape index (κ2) is 9.07. The summed E-state index contributed by atoms with van der Waals surface area (Å²) in [4.78, 5) is 10.8. The number of hydrogen-bond acceptors (Lipinski definition) is 3. The first-order valence-electron chi connectivity index (χ1n) is 6.05. The van der Waals surface area contributed by atoms with Crippen LogP contribution in [-0.4, -0.2) is 9.97 Å². The maximum atomic E-state index is 8.02. The summed E-state index contributed by atoms with van der Waals surface area (Å²) < 4.78 is 0. The summed E-state index contributed by atoms with van der Waals surface area (Å²) in [6.45, 7) is 4.28. The first-order valence-corrected chi connectivity index (χ1v) is 7.17. The molecule has 2 heterocycles. The van der Waals surface area contributed by atoms with Crippen molar-refractivity contribution in [1.29, 1.82) is 0 Å². The van der Waals surface area contributed by atoms with Gasteiger partial charge in [-0.2, -0.15) is 0 Å². The fourth-order valence-electron chi connectivity index (χ4n) is 1.28. The van der Waals surface area contributed by atoms with E-state index in [1.807, 2.05) is 38.2 Å². The van der Waals surface area contributed by atoms with Gasteiger partial charge in [-0.15, -0.1) is 0 Å². The zero-order valence-corrected chi connectivity index (χ0v) is 13.1. The van der Waals surface area contributed by atoms with Crippen LogP contribution in [0.15, 0.2) is 41.8 Å². The molecule has 5 nitrogen and oxygen atoms in total. The van der Waals surface area contributed by atoms with Crippen molar-refractivity contribution < 1.29 is 0 Å². The van der Waals surface area contributed by atoms with Gasteiger partial charge in [-0.25, -0.2) is 0 Å². The summed E-state index contributed by atoms with van der Waals surface area (Å²) in [5, 5.41) is 4.30. The Morgan fingerprint density at radius 3 is 2.00 bits per heavy atom. The molecular formula is C14H16BrN5. The number of aryl methyl sites for hydroxylation is 2. The Kier molecular flexibility index (Phi) is 7.32. The first kappa shape index (κ1) is 16.1. The predicted octanol–water partition coefficient (Wildman–Crippen LogP) is 4.49. The van der Waals surface area contributed by atoms with Crippen molar-refractivity contribution in [1.82, 2.24) is 9.97 Å². The minimum absolute atomic E-state index is 0.379. The topological polar surface area (TPSA) is 74.5 Å². The van der Waals surface area contributed by atoms with Crippen LogP contribution in [0, 0.1) is 13.8 Å². The van der Waals surface area contributed by atoms with Crippen LogP contribution in [0.3, 0.4) is 0 Å². The average Bonchev–Trinajstić information content (AvgIpc) is 2.48. The summed E-state index contributed by atoms with van der Waals surface area (Å²) in [5.41, 5.74) is 12.2. The molecule has 0 N–H and O–H groups in total. The molecule has 0 radical (unpaired) electrons. The van der Waals surface area contributed by atoms with Crippen LogP contribution in [0.1, 0.15) is 22.5 Å². The molecular weight excluding hydrogens is 318 g/mol. The third kappa shape index (κ3) is 6.31. The number of alkyl halides is 1. The van der Waals surface area contributed by atoms with Crippen molar-refractivity contribution in [3.8, 4) is 0 Å². The summed E-state index contributed by atoms with van der Waals surface area (Å²) in [5.74, 6) is 0. The molecule has 0 atom stereocenters. The van der Waals surface area contributed by atoms with Crippen molar-refractivity contribution >= 4 is 15.9 Å². The van der Waals surface area contributed by atoms with Crippen molar-refractivity contribution in [2.75, 3.05) is 0 Å². The van der Waals surface area contributed by atoms with Crippen LogP contribution >= 0.6 is 15.9 Å². The number of nitrogens with zero attached hydrogens (tertiary/aromatic N) is 5. The molecule has 0 saturated heterocycles. The van der Waals surface area contributed by atoms with Gasteiger partial charge in [0.1, 0.15) is 0 Å². The number of rotatable bonds is 3. The molecule has 2 aromatic rings. The largest absolute Gasteiger partial charge is 0.261 e. The first-order chi connectivity index (χ1) is 9.65. The van der Waals surface area contributed by atoms with E-state index in [1.165, 1.54) is 5.56 Å². The Bertz CT molecular complexity index is 559. The van der Waals surface area contributed by atoms with E-state index in [0.717, 1.165) is 22.3 Å². The highest BCUT2D eigenvalue weighted by molar-refractivity contribution is 9.08. The Hall–Kier alpha value is -1.91. The Labute approximate surface area is 126 Å². The SMILES string of the molecule is Cc1ccc(CBr)cn1.Cc1ccc(CN=[N+]=[N-])cn1. The molecule has 0 fully saturated rings. The van der Waals surface area contributed by atoms with E-state index in [4.69, 9.17) is 5.53 Å². The third-order valence-electron chi connectivity index (χ3n) is 2.42. The van der Waals surface area contributed by atoms with Crippen molar-refractivity contribution in [2.45, 2.75) is 25.7 Å². The van der Waals surface area contributed by atoms with E-state index < -0.39 is 0 Å². The van der Waals surface area contributed by atoms with Crippen molar-refractivity contribution in [3.63, 3.8) is 0 Å². The fourth-order valence-corrected chi connectivity index (χ4v) is 1.61. The molecule has 20 heavy (non-hydrogen) atoms. The van der Waals surface area contributed by atoms with Crippen molar-refractivity contribution in [2.24, 2.45) is 5.11 Å². The summed E-state index contributed by atoms with van der Waals surface area (Å²) >= 11 is 3.34. The molecule has 2 aromatic heterocycles. The number of pyridine rings is 2. The van der Waals surface area contributed by atoms with Gasteiger partial charge in [0, 0.05) is 34.0 Å². The molecule has 0 aliphatic carbocycles. The molecule has 2 rings (SSSR count). The molecule has 0 bridgehead atoms. The molecule has 104 valence electrons. The second-order valence-corrected chi connectivity index (χ2v) is 4.70. The number of aromatic nitrogens is 2. The highest BCUT2D eigenvalue weighted by atomic mass is 79.9. The Balaban J connectivity index is 0.000000204. The van der Waals surface area contributed by atoms with Gasteiger partial charge in [0.05, 0.1) is 6.54 Å². The van der Waals surface area contributed by atoms with Gasteiger partial charge in [-0.3, -0.25) is 9.97 Å². The molecule has 0 amide bonds.